The van der Waals surface area contributed by atoms with E-state index in [-0.39, 0.29) is 0 Å². The van der Waals surface area contributed by atoms with E-state index in [2.05, 4.69) is 133 Å². The molecule has 11 aromatic rings. The summed E-state index contributed by atoms with van der Waals surface area (Å²) in [7, 11) is -3.25. The zero-order chi connectivity index (χ0) is 38.6. The highest BCUT2D eigenvalue weighted by atomic mass is 31.2. The summed E-state index contributed by atoms with van der Waals surface area (Å²) in [4.78, 5) is 10.7. The van der Waals surface area contributed by atoms with E-state index in [1.807, 2.05) is 78.9 Å². The second kappa shape index (κ2) is 13.8. The van der Waals surface area contributed by atoms with Crippen LogP contribution >= 0.6 is 7.14 Å². The van der Waals surface area contributed by atoms with Crippen molar-refractivity contribution in [3.8, 4) is 33.6 Å². The Morgan fingerprint density at radius 3 is 1.29 bits per heavy atom. The number of hydrogen-bond donors (Lipinski definition) is 0. The third-order valence-corrected chi connectivity index (χ3v) is 14.6. The first-order valence-electron chi connectivity index (χ1n) is 19.6. The van der Waals surface area contributed by atoms with Gasteiger partial charge in [0.25, 0.3) is 0 Å². The van der Waals surface area contributed by atoms with Crippen LogP contribution in [0.1, 0.15) is 0 Å². The van der Waals surface area contributed by atoms with Crippen LogP contribution < -0.4 is 15.9 Å². The molecule has 0 amide bonds. The molecule has 0 fully saturated rings. The van der Waals surface area contributed by atoms with E-state index in [1.54, 1.807) is 0 Å². The molecule has 0 aliphatic carbocycles. The molecule has 0 radical (unpaired) electrons. The predicted molar refractivity (Wildman–Crippen MR) is 245 cm³/mol. The van der Waals surface area contributed by atoms with Gasteiger partial charge in [0.15, 0.2) is 7.14 Å². The summed E-state index contributed by atoms with van der Waals surface area (Å²) in [5, 5.41) is 11.1. The average Bonchev–Trinajstić information content (AvgIpc) is 3.30. The molecule has 0 saturated carbocycles. The van der Waals surface area contributed by atoms with Gasteiger partial charge < -0.3 is 4.57 Å². The minimum absolute atomic E-state index is 0.821. The summed E-state index contributed by atoms with van der Waals surface area (Å²) in [5.41, 5.74) is 8.01. The largest absolute Gasteiger partial charge is 0.309 e. The van der Waals surface area contributed by atoms with Gasteiger partial charge in [-0.15, -0.1) is 0 Å². The number of fused-ring (bicyclic) bond motifs is 6. The average molecular weight is 759 g/mol. The van der Waals surface area contributed by atoms with Crippen LogP contribution in [0.2, 0.25) is 0 Å². The third-order valence-electron chi connectivity index (χ3n) is 11.5. The lowest BCUT2D eigenvalue weighted by molar-refractivity contribution is 0.592. The van der Waals surface area contributed by atoms with Gasteiger partial charge in [0, 0.05) is 37.8 Å². The van der Waals surface area contributed by atoms with E-state index in [0.29, 0.717) is 0 Å². The van der Waals surface area contributed by atoms with Crippen molar-refractivity contribution in [2.45, 2.75) is 0 Å². The van der Waals surface area contributed by atoms with Crippen molar-refractivity contribution < 1.29 is 4.57 Å². The van der Waals surface area contributed by atoms with Gasteiger partial charge >= 0.3 is 0 Å². The van der Waals surface area contributed by atoms with E-state index in [0.717, 1.165) is 104 Å². The van der Waals surface area contributed by atoms with Crippen LogP contribution in [0.3, 0.4) is 0 Å². The molecule has 2 aromatic heterocycles. The normalized spacial score (nSPS) is 11.9. The van der Waals surface area contributed by atoms with Crippen molar-refractivity contribution in [3.63, 3.8) is 0 Å². The number of rotatable bonds is 6. The summed E-state index contributed by atoms with van der Waals surface area (Å²) in [6.07, 6.45) is 0. The first kappa shape index (κ1) is 34.1. The molecule has 0 N–H and O–H groups in total. The molecule has 0 bridgehead atoms. The number of nitrogens with zero attached hydrogens (tertiary/aromatic N) is 2. The van der Waals surface area contributed by atoms with Crippen molar-refractivity contribution in [2.75, 3.05) is 0 Å². The lowest BCUT2D eigenvalue weighted by Gasteiger charge is -2.23. The Hall–Kier alpha value is -7.19. The number of benzene rings is 9. The van der Waals surface area contributed by atoms with Crippen LogP contribution in [0.15, 0.2) is 212 Å². The van der Waals surface area contributed by atoms with Crippen LogP contribution in [0.4, 0.5) is 0 Å². The van der Waals surface area contributed by atoms with Crippen LogP contribution in [0, 0.1) is 0 Å². The van der Waals surface area contributed by atoms with Crippen molar-refractivity contribution in [1.82, 2.24) is 9.97 Å². The molecular weight excluding hydrogens is 724 g/mol. The van der Waals surface area contributed by atoms with Crippen molar-refractivity contribution in [2.24, 2.45) is 0 Å². The van der Waals surface area contributed by atoms with Crippen molar-refractivity contribution in [3.05, 3.63) is 212 Å². The highest BCUT2D eigenvalue weighted by molar-refractivity contribution is 7.85. The Bertz CT molecular complexity index is 3320. The van der Waals surface area contributed by atoms with Crippen LogP contribution in [0.25, 0.3) is 87.8 Å². The Labute approximate surface area is 336 Å². The molecule has 2 heterocycles. The highest BCUT2D eigenvalue weighted by Gasteiger charge is 2.32. The second-order valence-corrected chi connectivity index (χ2v) is 17.5. The van der Waals surface area contributed by atoms with Crippen LogP contribution in [-0.4, -0.2) is 9.97 Å². The fourth-order valence-corrected chi connectivity index (χ4v) is 11.7. The topological polar surface area (TPSA) is 42.9 Å². The predicted octanol–water partition coefficient (Wildman–Crippen LogP) is 12.9. The summed E-state index contributed by atoms with van der Waals surface area (Å²) in [6.45, 7) is 0. The standard InChI is InChI=1S/C54H35N2OP/c57-58(39-18-6-2-7-19-39,40-20-8-3-9-21-40)50-35-32-47(41-22-10-11-23-42(41)50)51-43-24-12-14-26-45(43)52(46-27-15-13-25-44(46)51)49-34-31-38-29-28-37-30-33-48(36-16-4-1-5-17-36)55-53(37)54(38)56-49/h1-35H. The molecule has 0 atom stereocenters. The molecule has 4 heteroatoms. The Balaban J connectivity index is 1.16. The van der Waals surface area contributed by atoms with Gasteiger partial charge in [-0.2, -0.15) is 0 Å². The second-order valence-electron chi connectivity index (χ2n) is 14.8. The third kappa shape index (κ3) is 5.39. The van der Waals surface area contributed by atoms with Gasteiger partial charge in [-0.25, -0.2) is 9.97 Å². The fraction of sp³-hybridized carbons (Fsp3) is 0. The van der Waals surface area contributed by atoms with E-state index >= 15 is 4.57 Å². The number of hydrogen-bond acceptors (Lipinski definition) is 3. The van der Waals surface area contributed by atoms with Gasteiger partial charge in [-0.1, -0.05) is 194 Å². The molecule has 0 aliphatic heterocycles. The maximum absolute atomic E-state index is 15.8. The van der Waals surface area contributed by atoms with Crippen molar-refractivity contribution in [1.29, 1.82) is 0 Å². The molecular formula is C54H35N2OP. The lowest BCUT2D eigenvalue weighted by Crippen LogP contribution is -2.25. The molecule has 0 spiro atoms. The highest BCUT2D eigenvalue weighted by Crippen LogP contribution is 2.48. The Kier molecular flexibility index (Phi) is 8.10. The quantitative estimate of drug-likeness (QED) is 0.0963. The Morgan fingerprint density at radius 2 is 0.741 bits per heavy atom. The summed E-state index contributed by atoms with van der Waals surface area (Å²) >= 11 is 0. The van der Waals surface area contributed by atoms with Gasteiger partial charge in [0.2, 0.25) is 0 Å². The SMILES string of the molecule is O=P(c1ccccc1)(c1ccccc1)c1ccc(-c2c3ccccc3c(-c3ccc4ccc5ccc(-c6ccccc6)nc5c4n3)c3ccccc23)c2ccccc12. The van der Waals surface area contributed by atoms with Gasteiger partial charge in [0.05, 0.1) is 22.4 Å². The molecule has 58 heavy (non-hydrogen) atoms. The molecule has 3 nitrogen and oxygen atoms in total. The molecule has 9 aromatic carbocycles. The Morgan fingerprint density at radius 1 is 0.328 bits per heavy atom. The summed E-state index contributed by atoms with van der Waals surface area (Å²) in [5.74, 6) is 0. The maximum atomic E-state index is 15.8. The monoisotopic (exact) mass is 758 g/mol. The molecule has 11 rings (SSSR count). The van der Waals surface area contributed by atoms with E-state index in [9.17, 15) is 0 Å². The van der Waals surface area contributed by atoms with E-state index in [1.165, 1.54) is 0 Å². The number of pyridine rings is 2. The molecule has 272 valence electrons. The maximum Gasteiger partial charge on any atom is 0.171 e. The zero-order valence-electron chi connectivity index (χ0n) is 31.5. The molecule has 0 unspecified atom stereocenters. The molecule has 0 saturated heterocycles. The zero-order valence-corrected chi connectivity index (χ0v) is 32.4. The molecule has 0 aliphatic rings. The van der Waals surface area contributed by atoms with Crippen molar-refractivity contribution >= 4 is 77.2 Å². The summed E-state index contributed by atoms with van der Waals surface area (Å²) < 4.78 is 15.8. The summed E-state index contributed by atoms with van der Waals surface area (Å²) in [6, 6.07) is 73.2. The smallest absolute Gasteiger partial charge is 0.171 e. The van der Waals surface area contributed by atoms with E-state index in [4.69, 9.17) is 9.97 Å². The van der Waals surface area contributed by atoms with E-state index < -0.39 is 7.14 Å². The first-order chi connectivity index (χ1) is 28.7. The van der Waals surface area contributed by atoms with Crippen LogP contribution in [-0.2, 0) is 4.57 Å². The van der Waals surface area contributed by atoms with Gasteiger partial charge in [-0.3, -0.25) is 0 Å². The fourth-order valence-electron chi connectivity index (χ4n) is 8.85. The minimum Gasteiger partial charge on any atom is -0.309 e. The first-order valence-corrected chi connectivity index (χ1v) is 21.3. The minimum atomic E-state index is -3.25. The number of aromatic nitrogens is 2. The van der Waals surface area contributed by atoms with Gasteiger partial charge in [0.1, 0.15) is 0 Å². The lowest BCUT2D eigenvalue weighted by atomic mass is 9.85. The van der Waals surface area contributed by atoms with Crippen LogP contribution in [0.5, 0.6) is 0 Å². The van der Waals surface area contributed by atoms with Gasteiger partial charge in [-0.05, 0) is 61.6 Å².